The number of benzene rings is 3. The van der Waals surface area contributed by atoms with Gasteiger partial charge in [0.05, 0.1) is 10.6 Å². The smallest absolute Gasteiger partial charge is 0.261 e. The molecule has 1 fully saturated rings. The number of halogens is 1. The molecule has 5 radical (unpaired) electrons. The molecule has 6 heteroatoms. The second-order valence-electron chi connectivity index (χ2n) is 8.39. The fourth-order valence-corrected chi connectivity index (χ4v) is 5.48. The third-order valence-electron chi connectivity index (χ3n) is 6.04. The summed E-state index contributed by atoms with van der Waals surface area (Å²) in [6.07, 6.45) is 8.32. The van der Waals surface area contributed by atoms with Crippen LogP contribution in [-0.4, -0.2) is 14.2 Å². The fourth-order valence-electron chi connectivity index (χ4n) is 4.23. The fraction of sp³-hybridized carbons (Fsp3) is 0.241. The molecule has 0 amide bonds. The summed E-state index contributed by atoms with van der Waals surface area (Å²) in [6.45, 7) is 0. The largest absolute Gasteiger partial charge is 0.289 e. The van der Waals surface area contributed by atoms with Gasteiger partial charge < -0.3 is 0 Å². The van der Waals surface area contributed by atoms with Crippen molar-refractivity contribution in [2.75, 3.05) is 4.72 Å². The maximum absolute atomic E-state index is 13.1. The molecule has 183 valence electrons. The lowest BCUT2D eigenvalue weighted by molar-refractivity contribution is 0.103. The number of carbonyl (C=O) groups is 1. The molecule has 1 aliphatic rings. The summed E-state index contributed by atoms with van der Waals surface area (Å²) in [5.41, 5.74) is 1.98. The summed E-state index contributed by atoms with van der Waals surface area (Å²) >= 11 is 6.12. The molecule has 1 saturated carbocycles. The molecule has 0 aromatic heterocycles. The average molecular weight is 509 g/mol. The number of anilines is 1. The predicted molar refractivity (Wildman–Crippen MR) is 144 cm³/mol. The van der Waals surface area contributed by atoms with Gasteiger partial charge in [-0.2, -0.15) is 0 Å². The molecule has 4 nitrogen and oxygen atoms in total. The normalized spacial score (nSPS) is 14.5. The van der Waals surface area contributed by atoms with E-state index in [1.54, 1.807) is 42.5 Å². The van der Waals surface area contributed by atoms with Crippen LogP contribution >= 0.6 is 11.6 Å². The van der Waals surface area contributed by atoms with Crippen LogP contribution < -0.4 is 4.72 Å². The van der Waals surface area contributed by atoms with Crippen molar-refractivity contribution in [2.45, 2.75) is 49.8 Å². The quantitative estimate of drug-likeness (QED) is 0.347. The van der Waals surface area contributed by atoms with Crippen molar-refractivity contribution in [1.29, 1.82) is 0 Å². The monoisotopic (exact) mass is 508 g/mol. The van der Waals surface area contributed by atoms with Gasteiger partial charge in [0.25, 0.3) is 10.0 Å². The molecule has 0 bridgehead atoms. The molecule has 0 atom stereocenters. The summed E-state index contributed by atoms with van der Waals surface area (Å²) in [4.78, 5) is 13.2. The lowest BCUT2D eigenvalue weighted by Crippen LogP contribution is -2.16. The minimum Gasteiger partial charge on any atom is -0.289 e. The maximum atomic E-state index is 13.1. The van der Waals surface area contributed by atoms with Gasteiger partial charge in [-0.25, -0.2) is 8.42 Å². The van der Waals surface area contributed by atoms with Crippen LogP contribution in [0.2, 0.25) is 5.02 Å². The summed E-state index contributed by atoms with van der Waals surface area (Å²) in [6, 6.07) is 20.3. The van der Waals surface area contributed by atoms with Crippen LogP contribution in [0.15, 0.2) is 77.7 Å². The van der Waals surface area contributed by atoms with Gasteiger partial charge in [0.2, 0.25) is 0 Å². The predicted octanol–water partition coefficient (Wildman–Crippen LogP) is 7.69. The summed E-state index contributed by atoms with van der Waals surface area (Å²) < 4.78 is 28.8. The first kappa shape index (κ1) is 28.6. The first-order chi connectivity index (χ1) is 15.9. The highest BCUT2D eigenvalue weighted by Gasteiger charge is 2.21. The van der Waals surface area contributed by atoms with Gasteiger partial charge in [0, 0.05) is 22.1 Å². The summed E-state index contributed by atoms with van der Waals surface area (Å²) in [5.74, 6) is 1.10. The Morgan fingerprint density at radius 1 is 0.771 bits per heavy atom. The van der Waals surface area contributed by atoms with Crippen LogP contribution in [0, 0.1) is 20.8 Å². The molecule has 1 N–H and O–H groups in total. The summed E-state index contributed by atoms with van der Waals surface area (Å²) in [5, 5.41) is 0.359. The van der Waals surface area contributed by atoms with E-state index < -0.39 is 10.0 Å². The van der Waals surface area contributed by atoms with Crippen molar-refractivity contribution in [1.82, 2.24) is 0 Å². The van der Waals surface area contributed by atoms with E-state index in [0.29, 0.717) is 10.6 Å². The standard InChI is InChI=1S/C27H27ClNO3S.2CH2/c28-23-15-18-26(25(19-23)27(30)22-11-7-4-8-12-22)29-33(31,32)24-16-13-21(14-17-24)20-9-5-2-1-3-6-10-20;;/h4,7-8,11-19,29H,1-3,5-6,9-10H2;2*1H2. The lowest BCUT2D eigenvalue weighted by Gasteiger charge is -2.20. The van der Waals surface area contributed by atoms with Crippen LogP contribution in [0.4, 0.5) is 5.69 Å². The van der Waals surface area contributed by atoms with Crippen molar-refractivity contribution in [2.24, 2.45) is 0 Å². The van der Waals surface area contributed by atoms with Gasteiger partial charge in [-0.1, -0.05) is 101 Å². The van der Waals surface area contributed by atoms with Gasteiger partial charge in [0.15, 0.2) is 5.78 Å². The third-order valence-corrected chi connectivity index (χ3v) is 7.65. The second-order valence-corrected chi connectivity index (χ2v) is 10.5. The highest BCUT2D eigenvalue weighted by atomic mass is 35.5. The molecular formula is C29H31ClNO3S. The molecule has 0 aliphatic heterocycles. The number of nitrogens with one attached hydrogen (secondary N) is 1. The number of carbonyl (C=O) groups excluding carboxylic acids is 1. The van der Waals surface area contributed by atoms with Crippen molar-refractivity contribution < 1.29 is 13.2 Å². The van der Waals surface area contributed by atoms with E-state index in [4.69, 9.17) is 11.6 Å². The van der Waals surface area contributed by atoms with Gasteiger partial charge in [-0.3, -0.25) is 9.52 Å². The van der Waals surface area contributed by atoms with Crippen LogP contribution in [0.1, 0.15) is 66.4 Å². The Balaban J connectivity index is 0.00000216. The Labute approximate surface area is 215 Å². The first-order valence-electron chi connectivity index (χ1n) is 11.3. The average Bonchev–Trinajstić information content (AvgIpc) is 2.80. The SMILES string of the molecule is O=C(c1ccccc1)c1cc(Cl)ccc1NS(=O)(=O)c1ccc([C]2CCCCCCC2)cc1.[CH2].[CH2]. The summed E-state index contributed by atoms with van der Waals surface area (Å²) in [7, 11) is -3.88. The molecular weight excluding hydrogens is 478 g/mol. The van der Waals surface area contributed by atoms with Crippen molar-refractivity contribution in [3.63, 3.8) is 0 Å². The zero-order chi connectivity index (χ0) is 23.3. The second kappa shape index (κ2) is 12.9. The van der Waals surface area contributed by atoms with E-state index in [9.17, 15) is 13.2 Å². The molecule has 4 rings (SSSR count). The molecule has 3 aromatic rings. The van der Waals surface area contributed by atoms with E-state index in [1.807, 2.05) is 18.2 Å². The van der Waals surface area contributed by atoms with Crippen molar-refractivity contribution in [3.05, 3.63) is 115 Å². The van der Waals surface area contributed by atoms with Crippen LogP contribution in [0.25, 0.3) is 0 Å². The highest BCUT2D eigenvalue weighted by molar-refractivity contribution is 7.92. The van der Waals surface area contributed by atoms with Gasteiger partial charge in [-0.15, -0.1) is 0 Å². The Bertz CT molecular complexity index is 1200. The molecule has 0 saturated heterocycles. The number of hydrogen-bond acceptors (Lipinski definition) is 3. The third kappa shape index (κ3) is 7.18. The lowest BCUT2D eigenvalue weighted by atomic mass is 9.86. The number of ketones is 1. The van der Waals surface area contributed by atoms with Crippen molar-refractivity contribution >= 4 is 33.1 Å². The number of hydrogen-bond donors (Lipinski definition) is 1. The topological polar surface area (TPSA) is 63.2 Å². The van der Waals surface area contributed by atoms with Crippen LogP contribution in [0.3, 0.4) is 0 Å². The minimum atomic E-state index is -3.88. The van der Waals surface area contributed by atoms with E-state index in [-0.39, 0.29) is 36.8 Å². The Hall–Kier alpha value is -2.63. The maximum Gasteiger partial charge on any atom is 0.261 e. The van der Waals surface area contributed by atoms with Gasteiger partial charge in [0.1, 0.15) is 0 Å². The number of sulfonamides is 1. The zero-order valence-electron chi connectivity index (χ0n) is 19.8. The number of rotatable bonds is 6. The van der Waals surface area contributed by atoms with E-state index in [0.717, 1.165) is 18.4 Å². The highest BCUT2D eigenvalue weighted by Crippen LogP contribution is 2.31. The Morgan fingerprint density at radius 2 is 1.37 bits per heavy atom. The Kier molecular flexibility index (Phi) is 10.5. The molecule has 0 spiro atoms. The van der Waals surface area contributed by atoms with E-state index in [1.165, 1.54) is 50.2 Å². The van der Waals surface area contributed by atoms with Gasteiger partial charge >= 0.3 is 0 Å². The molecule has 35 heavy (non-hydrogen) atoms. The first-order valence-corrected chi connectivity index (χ1v) is 13.2. The van der Waals surface area contributed by atoms with Crippen LogP contribution in [0.5, 0.6) is 0 Å². The Morgan fingerprint density at radius 3 is 2.00 bits per heavy atom. The van der Waals surface area contributed by atoms with Gasteiger partial charge in [-0.05, 0) is 48.7 Å². The zero-order valence-corrected chi connectivity index (χ0v) is 21.4. The molecule has 1 aliphatic carbocycles. The van der Waals surface area contributed by atoms with Crippen LogP contribution in [-0.2, 0) is 10.0 Å². The van der Waals surface area contributed by atoms with Crippen molar-refractivity contribution in [3.8, 4) is 0 Å². The van der Waals surface area contributed by atoms with E-state index >= 15 is 0 Å². The van der Waals surface area contributed by atoms with E-state index in [2.05, 4.69) is 4.72 Å². The molecule has 3 aromatic carbocycles. The molecule has 0 heterocycles. The molecule has 0 unspecified atom stereocenters. The minimum absolute atomic E-state index is 0.